The van der Waals surface area contributed by atoms with Gasteiger partial charge >= 0.3 is 11.0 Å². The van der Waals surface area contributed by atoms with Crippen LogP contribution >= 0.6 is 39.0 Å². The van der Waals surface area contributed by atoms with E-state index in [0.29, 0.717) is 25.6 Å². The number of aryl methyl sites for hydroxylation is 1. The summed E-state index contributed by atoms with van der Waals surface area (Å²) >= 11 is 5.33. The van der Waals surface area contributed by atoms with Crippen LogP contribution in [0.4, 0.5) is 24.5 Å². The molecular weight excluding hydrogens is 667 g/mol. The molecule has 0 spiro atoms. The molecule has 4 aromatic rings. The molecule has 1 aromatic heterocycles. The first-order valence-corrected chi connectivity index (χ1v) is 15.5. The van der Waals surface area contributed by atoms with Crippen molar-refractivity contribution in [2.24, 2.45) is 5.92 Å². The quantitative estimate of drug-likeness (QED) is 0.244. The summed E-state index contributed by atoms with van der Waals surface area (Å²) in [7, 11) is 0. The number of thioether (sulfide) groups is 1. The van der Waals surface area contributed by atoms with Gasteiger partial charge < -0.3 is 5.32 Å². The molecule has 3 amide bonds. The van der Waals surface area contributed by atoms with Gasteiger partial charge in [0.15, 0.2) is 0 Å². The fourth-order valence-corrected chi connectivity index (χ4v) is 8.56. The van der Waals surface area contributed by atoms with Crippen molar-refractivity contribution >= 4 is 68.1 Å². The van der Waals surface area contributed by atoms with Gasteiger partial charge in [-0.2, -0.15) is 13.2 Å². The molecule has 6 rings (SSSR count). The lowest BCUT2D eigenvalue weighted by atomic mass is 9.83. The topological polar surface area (TPSA) is 88.5 Å². The molecule has 3 heterocycles. The van der Waals surface area contributed by atoms with Gasteiger partial charge in [-0.3, -0.25) is 23.7 Å². The average molecular weight is 689 g/mol. The molecule has 3 atom stereocenters. The predicted molar refractivity (Wildman–Crippen MR) is 161 cm³/mol. The van der Waals surface area contributed by atoms with Crippen molar-refractivity contribution in [1.29, 1.82) is 0 Å². The lowest BCUT2D eigenvalue weighted by Crippen LogP contribution is -2.33. The van der Waals surface area contributed by atoms with E-state index in [-0.39, 0.29) is 12.2 Å². The maximum Gasteiger partial charge on any atom is 0.416 e. The number of halogens is 4. The van der Waals surface area contributed by atoms with Crippen LogP contribution in [0.15, 0.2) is 87.1 Å². The van der Waals surface area contributed by atoms with E-state index >= 15 is 0 Å². The number of hydrogen-bond acceptors (Lipinski definition) is 6. The van der Waals surface area contributed by atoms with Crippen molar-refractivity contribution < 1.29 is 27.6 Å². The number of anilines is 2. The highest BCUT2D eigenvalue weighted by Gasteiger charge is 2.57. The van der Waals surface area contributed by atoms with E-state index in [1.54, 1.807) is 36.4 Å². The Hall–Kier alpha value is -3.68. The number of rotatable bonds is 5. The van der Waals surface area contributed by atoms with E-state index in [4.69, 9.17) is 0 Å². The van der Waals surface area contributed by atoms with E-state index in [2.05, 4.69) is 21.2 Å². The normalized spacial score (nSPS) is 19.7. The molecule has 7 nitrogen and oxygen atoms in total. The standard InChI is InChI=1S/C30H21BrF3N3O4S2/c1-15-8-10-19(11-9-15)35-21(38)14-36-28-25(43-29(36)41)22(16-4-2-6-18(31)12-16)23-24(42-28)27(40)37(26(23)39)20-7-3-5-17(13-20)30(32,33)34/h2-13,22-24H,14H2,1H3,(H,35,38)/t22-,23?,24?/m1/s1. The molecule has 3 aromatic carbocycles. The monoisotopic (exact) mass is 687 g/mol. The largest absolute Gasteiger partial charge is 0.416 e. The molecule has 1 N–H and O–H groups in total. The van der Waals surface area contributed by atoms with Crippen LogP contribution in [-0.4, -0.2) is 27.5 Å². The molecule has 220 valence electrons. The highest BCUT2D eigenvalue weighted by molar-refractivity contribution is 9.10. The van der Waals surface area contributed by atoms with Gasteiger partial charge in [-0.15, -0.1) is 0 Å². The Morgan fingerprint density at radius 3 is 2.40 bits per heavy atom. The zero-order chi connectivity index (χ0) is 30.6. The lowest BCUT2D eigenvalue weighted by Gasteiger charge is -2.30. The molecule has 0 bridgehead atoms. The van der Waals surface area contributed by atoms with Gasteiger partial charge in [0.25, 0.3) is 0 Å². The maximum atomic E-state index is 13.9. The van der Waals surface area contributed by atoms with Crippen molar-refractivity contribution in [2.45, 2.75) is 35.8 Å². The molecular formula is C30H21BrF3N3O4S2. The van der Waals surface area contributed by atoms with E-state index in [1.807, 2.05) is 19.1 Å². The van der Waals surface area contributed by atoms with Crippen molar-refractivity contribution in [3.63, 3.8) is 0 Å². The Bertz CT molecular complexity index is 1840. The van der Waals surface area contributed by atoms with Crippen LogP contribution in [-0.2, 0) is 27.1 Å². The number of nitrogens with zero attached hydrogens (tertiary/aromatic N) is 2. The van der Waals surface area contributed by atoms with Gasteiger partial charge in [0.2, 0.25) is 17.7 Å². The highest BCUT2D eigenvalue weighted by Crippen LogP contribution is 2.54. The summed E-state index contributed by atoms with van der Waals surface area (Å²) in [5.41, 5.74) is 1.06. The third-order valence-electron chi connectivity index (χ3n) is 7.33. The molecule has 2 aliphatic rings. The van der Waals surface area contributed by atoms with Crippen LogP contribution in [0.3, 0.4) is 0 Å². The molecule has 13 heteroatoms. The third-order valence-corrected chi connectivity index (χ3v) is 10.4. The van der Waals surface area contributed by atoms with Gasteiger partial charge in [0.1, 0.15) is 11.8 Å². The number of imide groups is 1. The van der Waals surface area contributed by atoms with Crippen LogP contribution in [0.25, 0.3) is 0 Å². The Morgan fingerprint density at radius 1 is 0.977 bits per heavy atom. The van der Waals surface area contributed by atoms with Gasteiger partial charge in [-0.25, -0.2) is 4.90 Å². The Labute approximate surface area is 259 Å². The summed E-state index contributed by atoms with van der Waals surface area (Å²) in [6.07, 6.45) is -4.67. The highest BCUT2D eigenvalue weighted by atomic mass is 79.9. The molecule has 2 aliphatic heterocycles. The minimum Gasteiger partial charge on any atom is -0.325 e. The number of hydrogen-bond donors (Lipinski definition) is 1. The molecule has 2 unspecified atom stereocenters. The van der Waals surface area contributed by atoms with Gasteiger partial charge in [-0.1, -0.05) is 74.9 Å². The number of amides is 3. The Kier molecular flexibility index (Phi) is 7.59. The first-order valence-electron chi connectivity index (χ1n) is 13.0. The second-order valence-corrected chi connectivity index (χ2v) is 13.2. The fraction of sp³-hybridized carbons (Fsp3) is 0.200. The summed E-state index contributed by atoms with van der Waals surface area (Å²) in [5, 5.41) is 2.12. The third kappa shape index (κ3) is 5.45. The molecule has 43 heavy (non-hydrogen) atoms. The fourth-order valence-electron chi connectivity index (χ4n) is 5.37. The number of nitrogens with one attached hydrogen (secondary N) is 1. The van der Waals surface area contributed by atoms with Crippen molar-refractivity contribution in [2.75, 3.05) is 10.2 Å². The summed E-state index contributed by atoms with van der Waals surface area (Å²) in [6, 6.07) is 18.4. The van der Waals surface area contributed by atoms with Crippen LogP contribution in [0.1, 0.15) is 27.5 Å². The summed E-state index contributed by atoms with van der Waals surface area (Å²) < 4.78 is 42.5. The van der Waals surface area contributed by atoms with Crippen molar-refractivity contribution in [3.05, 3.63) is 109 Å². The lowest BCUT2D eigenvalue weighted by molar-refractivity contribution is -0.137. The Morgan fingerprint density at radius 2 is 1.70 bits per heavy atom. The first kappa shape index (κ1) is 29.4. The molecule has 0 aliphatic carbocycles. The SMILES string of the molecule is Cc1ccc(NC(=O)Cn2c3c(sc2=O)[C@H](c2cccc(Br)c2)C2C(=O)N(c4cccc(C(F)(F)F)c4)C(=O)C2S3)cc1. The Balaban J connectivity index is 1.41. The zero-order valence-electron chi connectivity index (χ0n) is 22.2. The van der Waals surface area contributed by atoms with Crippen LogP contribution < -0.4 is 15.1 Å². The predicted octanol–water partition coefficient (Wildman–Crippen LogP) is 6.43. The van der Waals surface area contributed by atoms with Crippen LogP contribution in [0, 0.1) is 12.8 Å². The minimum absolute atomic E-state index is 0.175. The average Bonchev–Trinajstić information content (AvgIpc) is 3.40. The van der Waals surface area contributed by atoms with Crippen LogP contribution in [0.2, 0.25) is 0 Å². The maximum absolute atomic E-state index is 13.9. The number of alkyl halides is 3. The second kappa shape index (κ2) is 11.1. The van der Waals surface area contributed by atoms with E-state index in [9.17, 15) is 32.3 Å². The van der Waals surface area contributed by atoms with Crippen molar-refractivity contribution in [3.8, 4) is 0 Å². The summed E-state index contributed by atoms with van der Waals surface area (Å²) in [5.74, 6) is -3.51. The van der Waals surface area contributed by atoms with E-state index < -0.39 is 51.4 Å². The number of carbonyl (C=O) groups is 3. The first-order chi connectivity index (χ1) is 20.4. The smallest absolute Gasteiger partial charge is 0.325 e. The summed E-state index contributed by atoms with van der Waals surface area (Å²) in [4.78, 5) is 54.9. The van der Waals surface area contributed by atoms with Gasteiger partial charge in [-0.05, 0) is 55.0 Å². The molecule has 0 radical (unpaired) electrons. The zero-order valence-corrected chi connectivity index (χ0v) is 25.4. The number of thiazole rings is 1. The van der Waals surface area contributed by atoms with Crippen LogP contribution in [0.5, 0.6) is 0 Å². The second-order valence-electron chi connectivity index (χ2n) is 10.2. The molecule has 1 saturated heterocycles. The number of benzene rings is 3. The summed E-state index contributed by atoms with van der Waals surface area (Å²) in [6.45, 7) is 1.59. The number of fused-ring (bicyclic) bond motifs is 2. The minimum atomic E-state index is -4.67. The molecule has 1 fully saturated rings. The van der Waals surface area contributed by atoms with Gasteiger partial charge in [0.05, 0.1) is 22.2 Å². The van der Waals surface area contributed by atoms with E-state index in [1.165, 1.54) is 10.6 Å². The molecule has 0 saturated carbocycles. The van der Waals surface area contributed by atoms with Gasteiger partial charge in [0, 0.05) is 21.0 Å². The van der Waals surface area contributed by atoms with Crippen molar-refractivity contribution in [1.82, 2.24) is 4.57 Å². The number of aromatic nitrogens is 1. The van der Waals surface area contributed by atoms with E-state index in [0.717, 1.165) is 51.8 Å². The number of carbonyl (C=O) groups excluding carboxylic acids is 3.